The van der Waals surface area contributed by atoms with Crippen molar-refractivity contribution in [2.45, 2.75) is 12.8 Å². The number of aromatic nitrogens is 1. The van der Waals surface area contributed by atoms with Crippen molar-refractivity contribution in [2.24, 2.45) is 0 Å². The maximum absolute atomic E-state index is 12.3. The zero-order chi connectivity index (χ0) is 14.8. The van der Waals surface area contributed by atoms with Crippen LogP contribution in [0.15, 0.2) is 42.5 Å². The lowest BCUT2D eigenvalue weighted by Gasteiger charge is -2.02. The number of H-pyrrole nitrogens is 1. The summed E-state index contributed by atoms with van der Waals surface area (Å²) < 4.78 is 0. The second-order valence-electron chi connectivity index (χ2n) is 4.98. The molecule has 2 aromatic carbocycles. The van der Waals surface area contributed by atoms with E-state index in [2.05, 4.69) is 4.98 Å². The quantitative estimate of drug-likeness (QED) is 0.438. The smallest absolute Gasteiger partial charge is 0.172 e. The largest absolute Gasteiger partial charge is 0.354 e. The third-order valence-corrected chi connectivity index (χ3v) is 3.76. The highest BCUT2D eigenvalue weighted by Crippen LogP contribution is 2.28. The summed E-state index contributed by atoms with van der Waals surface area (Å²) in [5, 5.41) is 2.08. The molecule has 0 fully saturated rings. The molecule has 0 saturated carbocycles. The van der Waals surface area contributed by atoms with Crippen molar-refractivity contribution in [3.05, 3.63) is 48.0 Å². The summed E-state index contributed by atoms with van der Waals surface area (Å²) in [6.45, 7) is 0. The standard InChI is InChI=1S/C17H14ClNO2/c18-9-8-11(20)10-16(21)14-6-3-5-13-12-4-1-2-7-15(12)19-17(13)14/h1-7,19H,8-10H2. The van der Waals surface area contributed by atoms with Gasteiger partial charge in [0, 0.05) is 34.2 Å². The number of ketones is 2. The molecule has 106 valence electrons. The van der Waals surface area contributed by atoms with Crippen LogP contribution < -0.4 is 0 Å². The number of carbonyl (C=O) groups excluding carboxylic acids is 2. The normalized spacial score (nSPS) is 11.1. The van der Waals surface area contributed by atoms with Gasteiger partial charge in [-0.25, -0.2) is 0 Å². The molecule has 0 saturated heterocycles. The number of nitrogens with one attached hydrogen (secondary N) is 1. The van der Waals surface area contributed by atoms with Crippen molar-refractivity contribution in [1.29, 1.82) is 0 Å². The summed E-state index contributed by atoms with van der Waals surface area (Å²) in [7, 11) is 0. The van der Waals surface area contributed by atoms with Crippen LogP contribution in [0.25, 0.3) is 21.8 Å². The van der Waals surface area contributed by atoms with Gasteiger partial charge in [-0.3, -0.25) is 9.59 Å². The number of aromatic amines is 1. The van der Waals surface area contributed by atoms with Crippen LogP contribution in [0.4, 0.5) is 0 Å². The van der Waals surface area contributed by atoms with E-state index >= 15 is 0 Å². The van der Waals surface area contributed by atoms with E-state index in [0.717, 1.165) is 21.8 Å². The average molecular weight is 300 g/mol. The van der Waals surface area contributed by atoms with Crippen molar-refractivity contribution in [2.75, 3.05) is 5.88 Å². The molecule has 3 aromatic rings. The van der Waals surface area contributed by atoms with Gasteiger partial charge in [0.15, 0.2) is 5.78 Å². The molecule has 0 spiro atoms. The summed E-state index contributed by atoms with van der Waals surface area (Å²) in [4.78, 5) is 27.2. The lowest BCUT2D eigenvalue weighted by atomic mass is 10.0. The number of hydrogen-bond acceptors (Lipinski definition) is 2. The fraction of sp³-hybridized carbons (Fsp3) is 0.176. The van der Waals surface area contributed by atoms with Gasteiger partial charge >= 0.3 is 0 Å². The molecule has 0 amide bonds. The topological polar surface area (TPSA) is 49.9 Å². The SMILES string of the molecule is O=C(CCCl)CC(=O)c1cccc2c1[nH]c1ccccc12. The number of benzene rings is 2. The maximum Gasteiger partial charge on any atom is 0.172 e. The van der Waals surface area contributed by atoms with Crippen LogP contribution in [-0.2, 0) is 4.79 Å². The van der Waals surface area contributed by atoms with E-state index in [1.165, 1.54) is 0 Å². The van der Waals surface area contributed by atoms with Crippen LogP contribution in [0.5, 0.6) is 0 Å². The number of hydrogen-bond donors (Lipinski definition) is 1. The number of carbonyl (C=O) groups is 2. The van der Waals surface area contributed by atoms with Crippen molar-refractivity contribution in [3.63, 3.8) is 0 Å². The van der Waals surface area contributed by atoms with Crippen molar-refractivity contribution >= 4 is 45.0 Å². The molecule has 3 rings (SSSR count). The summed E-state index contributed by atoms with van der Waals surface area (Å²) >= 11 is 5.54. The summed E-state index contributed by atoms with van der Waals surface area (Å²) in [6, 6.07) is 13.5. The first-order valence-electron chi connectivity index (χ1n) is 6.81. The summed E-state index contributed by atoms with van der Waals surface area (Å²) in [5.74, 6) is -0.0340. The predicted molar refractivity (Wildman–Crippen MR) is 85.1 cm³/mol. The number of para-hydroxylation sites is 2. The van der Waals surface area contributed by atoms with Gasteiger partial charge in [-0.15, -0.1) is 11.6 Å². The Bertz CT molecular complexity index is 835. The molecule has 0 aliphatic carbocycles. The van der Waals surface area contributed by atoms with E-state index in [9.17, 15) is 9.59 Å². The Labute approximate surface area is 126 Å². The highest BCUT2D eigenvalue weighted by Gasteiger charge is 2.16. The predicted octanol–water partition coefficient (Wildman–Crippen LogP) is 4.09. The molecular weight excluding hydrogens is 286 g/mol. The number of rotatable bonds is 5. The molecule has 21 heavy (non-hydrogen) atoms. The van der Waals surface area contributed by atoms with Gasteiger partial charge in [-0.2, -0.15) is 0 Å². The van der Waals surface area contributed by atoms with Gasteiger partial charge in [0.25, 0.3) is 0 Å². The maximum atomic E-state index is 12.3. The van der Waals surface area contributed by atoms with E-state index in [-0.39, 0.29) is 30.3 Å². The van der Waals surface area contributed by atoms with Crippen LogP contribution >= 0.6 is 11.6 Å². The lowest BCUT2D eigenvalue weighted by molar-refractivity contribution is -0.117. The van der Waals surface area contributed by atoms with E-state index in [0.29, 0.717) is 5.56 Å². The monoisotopic (exact) mass is 299 g/mol. The molecule has 0 atom stereocenters. The lowest BCUT2D eigenvalue weighted by Crippen LogP contribution is -2.09. The summed E-state index contributed by atoms with van der Waals surface area (Å²) in [6.07, 6.45) is 0.136. The van der Waals surface area contributed by atoms with Crippen molar-refractivity contribution in [1.82, 2.24) is 4.98 Å². The average Bonchev–Trinajstić information content (AvgIpc) is 2.85. The Balaban J connectivity index is 2.06. The van der Waals surface area contributed by atoms with Crippen LogP contribution in [0.2, 0.25) is 0 Å². The minimum atomic E-state index is -0.165. The first-order valence-corrected chi connectivity index (χ1v) is 7.34. The van der Waals surface area contributed by atoms with E-state index in [4.69, 9.17) is 11.6 Å². The molecule has 0 aliphatic rings. The van der Waals surface area contributed by atoms with Crippen molar-refractivity contribution in [3.8, 4) is 0 Å². The van der Waals surface area contributed by atoms with Gasteiger partial charge in [0.05, 0.1) is 11.9 Å². The molecule has 0 aliphatic heterocycles. The van der Waals surface area contributed by atoms with Gasteiger partial charge in [0.2, 0.25) is 0 Å². The highest BCUT2D eigenvalue weighted by atomic mass is 35.5. The Kier molecular flexibility index (Phi) is 3.76. The van der Waals surface area contributed by atoms with E-state index in [1.54, 1.807) is 6.07 Å². The third kappa shape index (κ3) is 2.57. The van der Waals surface area contributed by atoms with Crippen LogP contribution in [0.3, 0.4) is 0 Å². The molecule has 0 unspecified atom stereocenters. The highest BCUT2D eigenvalue weighted by molar-refractivity contribution is 6.21. The molecule has 0 bridgehead atoms. The fourth-order valence-electron chi connectivity index (χ4n) is 2.57. The van der Waals surface area contributed by atoms with Gasteiger partial charge < -0.3 is 4.98 Å². The van der Waals surface area contributed by atoms with Crippen LogP contribution in [-0.4, -0.2) is 22.4 Å². The molecular formula is C17H14ClNO2. The molecule has 1 N–H and O–H groups in total. The zero-order valence-corrected chi connectivity index (χ0v) is 12.1. The van der Waals surface area contributed by atoms with Gasteiger partial charge in [-0.1, -0.05) is 30.3 Å². The van der Waals surface area contributed by atoms with Crippen LogP contribution in [0, 0.1) is 0 Å². The van der Waals surface area contributed by atoms with E-state index in [1.807, 2.05) is 36.4 Å². The first-order chi connectivity index (χ1) is 10.2. The number of fused-ring (bicyclic) bond motifs is 3. The Hall–Kier alpha value is -2.13. The van der Waals surface area contributed by atoms with Crippen molar-refractivity contribution < 1.29 is 9.59 Å². The summed E-state index contributed by atoms with van der Waals surface area (Å²) in [5.41, 5.74) is 2.34. The number of Topliss-reactive ketones (excluding diaryl/α,β-unsaturated/α-hetero) is 2. The second-order valence-corrected chi connectivity index (χ2v) is 5.35. The van der Waals surface area contributed by atoms with Gasteiger partial charge in [-0.05, 0) is 12.1 Å². The minimum Gasteiger partial charge on any atom is -0.354 e. The number of halogens is 1. The third-order valence-electron chi connectivity index (χ3n) is 3.57. The Morgan fingerprint density at radius 1 is 1.00 bits per heavy atom. The molecule has 0 radical (unpaired) electrons. The Morgan fingerprint density at radius 3 is 2.57 bits per heavy atom. The molecule has 1 heterocycles. The fourth-order valence-corrected chi connectivity index (χ4v) is 2.78. The second kappa shape index (κ2) is 5.70. The molecule has 1 aromatic heterocycles. The van der Waals surface area contributed by atoms with Crippen LogP contribution in [0.1, 0.15) is 23.2 Å². The van der Waals surface area contributed by atoms with E-state index < -0.39 is 0 Å². The molecule has 3 nitrogen and oxygen atoms in total. The zero-order valence-electron chi connectivity index (χ0n) is 11.4. The number of alkyl halides is 1. The molecule has 4 heteroatoms. The first kappa shape index (κ1) is 13.8. The minimum absolute atomic E-state index is 0.0960. The Morgan fingerprint density at radius 2 is 1.76 bits per heavy atom. The van der Waals surface area contributed by atoms with Gasteiger partial charge in [0.1, 0.15) is 5.78 Å².